The average Bonchev–Trinajstić information content (AvgIpc) is 2.82. The van der Waals surface area contributed by atoms with E-state index in [0.29, 0.717) is 6.42 Å². The highest BCUT2D eigenvalue weighted by Gasteiger charge is 2.28. The SMILES string of the molecule is O=C1Cc2ccccc2N1c1ccoc1. The molecular weight excluding hydrogens is 190 g/mol. The van der Waals surface area contributed by atoms with Crippen LogP contribution in [0.4, 0.5) is 11.4 Å². The molecule has 0 saturated heterocycles. The van der Waals surface area contributed by atoms with Crippen LogP contribution in [0.15, 0.2) is 47.3 Å². The predicted octanol–water partition coefficient (Wildman–Crippen LogP) is 2.50. The molecule has 74 valence electrons. The highest BCUT2D eigenvalue weighted by atomic mass is 16.3. The molecule has 1 amide bonds. The fourth-order valence-corrected chi connectivity index (χ4v) is 1.92. The Morgan fingerprint density at radius 1 is 1.20 bits per heavy atom. The minimum atomic E-state index is 0.0950. The number of rotatable bonds is 1. The lowest BCUT2D eigenvalue weighted by Gasteiger charge is -2.14. The summed E-state index contributed by atoms with van der Waals surface area (Å²) in [5, 5.41) is 0. The molecule has 0 saturated carbocycles. The van der Waals surface area contributed by atoms with Crippen molar-refractivity contribution in [3.8, 4) is 0 Å². The molecule has 0 spiro atoms. The van der Waals surface area contributed by atoms with Crippen LogP contribution in [0.1, 0.15) is 5.56 Å². The first-order valence-electron chi connectivity index (χ1n) is 4.79. The summed E-state index contributed by atoms with van der Waals surface area (Å²) in [4.78, 5) is 13.5. The smallest absolute Gasteiger partial charge is 0.236 e. The third-order valence-electron chi connectivity index (χ3n) is 2.59. The second-order valence-corrected chi connectivity index (χ2v) is 3.52. The molecule has 1 aromatic carbocycles. The molecule has 3 heteroatoms. The molecule has 3 rings (SSSR count). The van der Waals surface area contributed by atoms with Crippen LogP contribution in [0.3, 0.4) is 0 Å². The number of furan rings is 1. The minimum absolute atomic E-state index is 0.0950. The van der Waals surface area contributed by atoms with Crippen molar-refractivity contribution < 1.29 is 9.21 Å². The zero-order valence-corrected chi connectivity index (χ0v) is 8.01. The Labute approximate surface area is 86.9 Å². The Bertz CT molecular complexity index is 502. The summed E-state index contributed by atoms with van der Waals surface area (Å²) < 4.78 is 5.00. The number of hydrogen-bond acceptors (Lipinski definition) is 2. The number of hydrogen-bond donors (Lipinski definition) is 0. The van der Waals surface area contributed by atoms with Crippen molar-refractivity contribution in [3.05, 3.63) is 48.4 Å². The summed E-state index contributed by atoms with van der Waals surface area (Å²) in [6.45, 7) is 0. The highest BCUT2D eigenvalue weighted by molar-refractivity contribution is 6.07. The number of fused-ring (bicyclic) bond motifs is 1. The standard InChI is InChI=1S/C12H9NO2/c14-12-7-9-3-1-2-4-11(9)13(12)10-5-6-15-8-10/h1-6,8H,7H2. The van der Waals surface area contributed by atoms with E-state index in [2.05, 4.69) is 0 Å². The summed E-state index contributed by atoms with van der Waals surface area (Å²) in [5.74, 6) is 0.0950. The van der Waals surface area contributed by atoms with Gasteiger partial charge in [-0.2, -0.15) is 0 Å². The molecule has 15 heavy (non-hydrogen) atoms. The maximum absolute atomic E-state index is 11.8. The van der Waals surface area contributed by atoms with Crippen molar-refractivity contribution in [1.29, 1.82) is 0 Å². The molecule has 2 aromatic rings. The van der Waals surface area contributed by atoms with Gasteiger partial charge in [0.1, 0.15) is 6.26 Å². The number of carbonyl (C=O) groups is 1. The highest BCUT2D eigenvalue weighted by Crippen LogP contribution is 2.34. The van der Waals surface area contributed by atoms with Crippen LogP contribution in [0.5, 0.6) is 0 Å². The minimum Gasteiger partial charge on any atom is -0.470 e. The fraction of sp³-hybridized carbons (Fsp3) is 0.0833. The summed E-state index contributed by atoms with van der Waals surface area (Å²) >= 11 is 0. The Balaban J connectivity index is 2.14. The number of para-hydroxylation sites is 1. The molecule has 3 nitrogen and oxygen atoms in total. The number of carbonyl (C=O) groups excluding carboxylic acids is 1. The molecule has 0 N–H and O–H groups in total. The third kappa shape index (κ3) is 1.16. The van der Waals surface area contributed by atoms with E-state index in [1.807, 2.05) is 24.3 Å². The molecule has 0 radical (unpaired) electrons. The summed E-state index contributed by atoms with van der Waals surface area (Å²) in [7, 11) is 0. The molecule has 0 fully saturated rings. The molecular formula is C12H9NO2. The Kier molecular flexibility index (Phi) is 1.65. The molecule has 1 aliphatic rings. The van der Waals surface area contributed by atoms with Crippen molar-refractivity contribution in [2.75, 3.05) is 4.90 Å². The molecule has 0 atom stereocenters. The van der Waals surface area contributed by atoms with Crippen LogP contribution in [0.2, 0.25) is 0 Å². The summed E-state index contributed by atoms with van der Waals surface area (Å²) in [6, 6.07) is 9.61. The van der Waals surface area contributed by atoms with Crippen molar-refractivity contribution in [1.82, 2.24) is 0 Å². The molecule has 0 aliphatic carbocycles. The van der Waals surface area contributed by atoms with E-state index in [1.165, 1.54) is 0 Å². The van der Waals surface area contributed by atoms with Gasteiger partial charge >= 0.3 is 0 Å². The van der Waals surface area contributed by atoms with Gasteiger partial charge in [0.05, 0.1) is 24.1 Å². The van der Waals surface area contributed by atoms with Gasteiger partial charge in [0.25, 0.3) is 0 Å². The Morgan fingerprint density at radius 2 is 2.07 bits per heavy atom. The first-order valence-corrected chi connectivity index (χ1v) is 4.79. The van der Waals surface area contributed by atoms with Gasteiger partial charge < -0.3 is 4.42 Å². The third-order valence-corrected chi connectivity index (χ3v) is 2.59. The average molecular weight is 199 g/mol. The van der Waals surface area contributed by atoms with Crippen molar-refractivity contribution in [2.45, 2.75) is 6.42 Å². The van der Waals surface area contributed by atoms with E-state index < -0.39 is 0 Å². The normalized spacial score (nSPS) is 14.4. The molecule has 0 bridgehead atoms. The van der Waals surface area contributed by atoms with Gasteiger partial charge in [-0.05, 0) is 11.6 Å². The van der Waals surface area contributed by atoms with E-state index in [4.69, 9.17) is 4.42 Å². The molecule has 1 aliphatic heterocycles. The second-order valence-electron chi connectivity index (χ2n) is 3.52. The van der Waals surface area contributed by atoms with Crippen LogP contribution >= 0.6 is 0 Å². The Morgan fingerprint density at radius 3 is 2.87 bits per heavy atom. The molecule has 2 heterocycles. The summed E-state index contributed by atoms with van der Waals surface area (Å²) in [6.07, 6.45) is 3.63. The van der Waals surface area contributed by atoms with E-state index >= 15 is 0 Å². The van der Waals surface area contributed by atoms with E-state index in [9.17, 15) is 4.79 Å². The van der Waals surface area contributed by atoms with Crippen molar-refractivity contribution in [3.63, 3.8) is 0 Å². The van der Waals surface area contributed by atoms with E-state index in [0.717, 1.165) is 16.9 Å². The predicted molar refractivity (Wildman–Crippen MR) is 56.0 cm³/mol. The van der Waals surface area contributed by atoms with Crippen LogP contribution in [-0.4, -0.2) is 5.91 Å². The maximum Gasteiger partial charge on any atom is 0.236 e. The Hall–Kier alpha value is -2.03. The van der Waals surface area contributed by atoms with Crippen molar-refractivity contribution >= 4 is 17.3 Å². The van der Waals surface area contributed by atoms with E-state index in [1.54, 1.807) is 23.5 Å². The zero-order chi connectivity index (χ0) is 10.3. The molecule has 1 aromatic heterocycles. The van der Waals surface area contributed by atoms with Gasteiger partial charge in [-0.3, -0.25) is 9.69 Å². The van der Waals surface area contributed by atoms with Crippen LogP contribution in [0, 0.1) is 0 Å². The number of nitrogens with zero attached hydrogens (tertiary/aromatic N) is 1. The lowest BCUT2D eigenvalue weighted by Crippen LogP contribution is -2.19. The van der Waals surface area contributed by atoms with Gasteiger partial charge in [0.2, 0.25) is 5.91 Å². The fourth-order valence-electron chi connectivity index (χ4n) is 1.92. The zero-order valence-electron chi connectivity index (χ0n) is 8.01. The first-order chi connectivity index (χ1) is 7.36. The maximum atomic E-state index is 11.8. The van der Waals surface area contributed by atoms with Crippen LogP contribution < -0.4 is 4.90 Å². The van der Waals surface area contributed by atoms with Crippen molar-refractivity contribution in [2.24, 2.45) is 0 Å². The van der Waals surface area contributed by atoms with Gasteiger partial charge in [-0.1, -0.05) is 18.2 Å². The lowest BCUT2D eigenvalue weighted by molar-refractivity contribution is -0.116. The van der Waals surface area contributed by atoms with Crippen LogP contribution in [-0.2, 0) is 11.2 Å². The number of benzene rings is 1. The quantitative estimate of drug-likeness (QED) is 0.707. The van der Waals surface area contributed by atoms with Crippen LogP contribution in [0.25, 0.3) is 0 Å². The van der Waals surface area contributed by atoms with Gasteiger partial charge in [0.15, 0.2) is 0 Å². The lowest BCUT2D eigenvalue weighted by atomic mass is 10.2. The van der Waals surface area contributed by atoms with Gasteiger partial charge in [-0.15, -0.1) is 0 Å². The van der Waals surface area contributed by atoms with Gasteiger partial charge in [0, 0.05) is 6.07 Å². The number of anilines is 2. The number of amides is 1. The largest absolute Gasteiger partial charge is 0.470 e. The van der Waals surface area contributed by atoms with E-state index in [-0.39, 0.29) is 5.91 Å². The second kappa shape index (κ2) is 2.98. The monoisotopic (exact) mass is 199 g/mol. The van der Waals surface area contributed by atoms with Gasteiger partial charge in [-0.25, -0.2) is 0 Å². The topological polar surface area (TPSA) is 33.5 Å². The molecule has 0 unspecified atom stereocenters. The summed E-state index contributed by atoms with van der Waals surface area (Å²) in [5.41, 5.74) is 2.83. The first kappa shape index (κ1) is 8.29.